The smallest absolute Gasteiger partial charge is 0.124 e. The molecule has 0 aliphatic carbocycles. The van der Waals surface area contributed by atoms with Crippen LogP contribution in [-0.2, 0) is 11.3 Å². The highest BCUT2D eigenvalue weighted by Gasteiger charge is 2.22. The first-order valence-corrected chi connectivity index (χ1v) is 7.05. The molecule has 4 nitrogen and oxygen atoms in total. The van der Waals surface area contributed by atoms with Crippen molar-refractivity contribution in [2.24, 2.45) is 0 Å². The number of morpholine rings is 1. The van der Waals surface area contributed by atoms with Crippen LogP contribution in [0.1, 0.15) is 17.5 Å². The fourth-order valence-corrected chi connectivity index (χ4v) is 2.30. The van der Waals surface area contributed by atoms with Crippen LogP contribution in [0.15, 0.2) is 18.2 Å². The zero-order valence-electron chi connectivity index (χ0n) is 11.9. The van der Waals surface area contributed by atoms with Crippen molar-refractivity contribution < 1.29 is 19.3 Å². The van der Waals surface area contributed by atoms with Gasteiger partial charge in [0.2, 0.25) is 0 Å². The Morgan fingerprint density at radius 3 is 3.00 bits per heavy atom. The van der Waals surface area contributed by atoms with Crippen LogP contribution in [0.4, 0.5) is 4.39 Å². The summed E-state index contributed by atoms with van der Waals surface area (Å²) >= 11 is 0. The van der Waals surface area contributed by atoms with E-state index in [2.05, 4.69) is 16.7 Å². The van der Waals surface area contributed by atoms with Crippen LogP contribution in [0.2, 0.25) is 0 Å². The summed E-state index contributed by atoms with van der Waals surface area (Å²) in [6.45, 7) is 2.48. The summed E-state index contributed by atoms with van der Waals surface area (Å²) in [7, 11) is 0. The van der Waals surface area contributed by atoms with Gasteiger partial charge in [0.1, 0.15) is 5.82 Å². The molecule has 1 aliphatic rings. The third kappa shape index (κ3) is 4.51. The highest BCUT2D eigenvalue weighted by molar-refractivity contribution is 5.41. The van der Waals surface area contributed by atoms with Gasteiger partial charge in [-0.05, 0) is 17.7 Å². The second-order valence-corrected chi connectivity index (χ2v) is 4.96. The summed E-state index contributed by atoms with van der Waals surface area (Å²) in [6.07, 6.45) is 0.368. The molecule has 0 bridgehead atoms. The van der Waals surface area contributed by atoms with E-state index >= 15 is 0 Å². The molecule has 1 aromatic carbocycles. The Bertz CT molecular complexity index is 524. The van der Waals surface area contributed by atoms with E-state index in [0.29, 0.717) is 31.7 Å². The molecule has 2 rings (SSSR count). The molecule has 0 amide bonds. The number of hydrogen-bond donors (Lipinski definition) is 2. The van der Waals surface area contributed by atoms with E-state index in [1.54, 1.807) is 6.07 Å². The van der Waals surface area contributed by atoms with E-state index in [9.17, 15) is 9.50 Å². The van der Waals surface area contributed by atoms with Crippen molar-refractivity contribution in [3.05, 3.63) is 35.1 Å². The lowest BCUT2D eigenvalue weighted by molar-refractivity contribution is -0.0313. The van der Waals surface area contributed by atoms with Crippen LogP contribution in [0, 0.1) is 17.7 Å². The molecule has 1 aliphatic heterocycles. The molecule has 1 saturated heterocycles. The van der Waals surface area contributed by atoms with E-state index in [0.717, 1.165) is 12.1 Å². The first-order chi connectivity index (χ1) is 10.2. The maximum Gasteiger partial charge on any atom is 0.124 e. The molecule has 1 heterocycles. The van der Waals surface area contributed by atoms with Gasteiger partial charge in [-0.1, -0.05) is 17.9 Å². The van der Waals surface area contributed by atoms with Crippen LogP contribution in [0.25, 0.3) is 0 Å². The van der Waals surface area contributed by atoms with Crippen LogP contribution in [0.3, 0.4) is 0 Å². The minimum atomic E-state index is -0.326. The van der Waals surface area contributed by atoms with Crippen molar-refractivity contribution >= 4 is 0 Å². The molecule has 5 heteroatoms. The number of aliphatic hydroxyl groups excluding tert-OH is 2. The lowest BCUT2D eigenvalue weighted by Gasteiger charge is -2.34. The maximum atomic E-state index is 13.4. The Kier molecular flexibility index (Phi) is 6.15. The van der Waals surface area contributed by atoms with Gasteiger partial charge in [0, 0.05) is 25.1 Å². The van der Waals surface area contributed by atoms with Crippen LogP contribution < -0.4 is 0 Å². The molecular weight excluding hydrogens is 273 g/mol. The second-order valence-electron chi connectivity index (χ2n) is 4.96. The Morgan fingerprint density at radius 1 is 1.38 bits per heavy atom. The van der Waals surface area contributed by atoms with Gasteiger partial charge in [-0.25, -0.2) is 4.39 Å². The normalized spacial score (nSPS) is 19.1. The van der Waals surface area contributed by atoms with Crippen molar-refractivity contribution in [2.45, 2.75) is 19.0 Å². The van der Waals surface area contributed by atoms with Gasteiger partial charge in [0.15, 0.2) is 0 Å². The minimum absolute atomic E-state index is 0.00625. The standard InChI is InChI=1S/C16H20FNO3/c17-15-5-4-14(13(9-15)3-1-2-7-19)10-18-6-8-21-12-16(18)11-20/h4-5,9,16,19-20H,2,6-8,10-12H2. The van der Waals surface area contributed by atoms with E-state index in [-0.39, 0.29) is 25.1 Å². The van der Waals surface area contributed by atoms with Gasteiger partial charge >= 0.3 is 0 Å². The van der Waals surface area contributed by atoms with Gasteiger partial charge in [0.05, 0.1) is 32.5 Å². The van der Waals surface area contributed by atoms with Gasteiger partial charge in [-0.2, -0.15) is 0 Å². The van der Waals surface area contributed by atoms with Crippen molar-refractivity contribution in [1.82, 2.24) is 4.90 Å². The molecule has 114 valence electrons. The highest BCUT2D eigenvalue weighted by atomic mass is 19.1. The molecule has 2 N–H and O–H groups in total. The first kappa shape index (κ1) is 15.9. The van der Waals surface area contributed by atoms with E-state index in [1.807, 2.05) is 0 Å². The Morgan fingerprint density at radius 2 is 2.24 bits per heavy atom. The Labute approximate surface area is 124 Å². The predicted molar refractivity (Wildman–Crippen MR) is 77.1 cm³/mol. The first-order valence-electron chi connectivity index (χ1n) is 7.05. The van der Waals surface area contributed by atoms with Gasteiger partial charge in [0.25, 0.3) is 0 Å². The molecule has 0 saturated carbocycles. The molecule has 1 unspecified atom stereocenters. The highest BCUT2D eigenvalue weighted by Crippen LogP contribution is 2.16. The van der Waals surface area contributed by atoms with Gasteiger partial charge in [-0.15, -0.1) is 0 Å². The number of halogens is 1. The lowest BCUT2D eigenvalue weighted by atomic mass is 10.1. The fourth-order valence-electron chi connectivity index (χ4n) is 2.30. The summed E-state index contributed by atoms with van der Waals surface area (Å²) in [5.74, 6) is 5.40. The largest absolute Gasteiger partial charge is 0.395 e. The number of hydrogen-bond acceptors (Lipinski definition) is 4. The lowest BCUT2D eigenvalue weighted by Crippen LogP contribution is -2.46. The van der Waals surface area contributed by atoms with Crippen molar-refractivity contribution in [3.63, 3.8) is 0 Å². The van der Waals surface area contributed by atoms with Crippen LogP contribution in [0.5, 0.6) is 0 Å². The number of ether oxygens (including phenoxy) is 1. The maximum absolute atomic E-state index is 13.4. The second kappa shape index (κ2) is 8.11. The Balaban J connectivity index is 2.16. The summed E-state index contributed by atoms with van der Waals surface area (Å²) in [6, 6.07) is 4.51. The number of nitrogens with zero attached hydrogens (tertiary/aromatic N) is 1. The number of rotatable bonds is 4. The van der Waals surface area contributed by atoms with E-state index in [1.165, 1.54) is 12.1 Å². The predicted octanol–water partition coefficient (Wildman–Crippen LogP) is 0.753. The van der Waals surface area contributed by atoms with Crippen molar-refractivity contribution in [2.75, 3.05) is 33.0 Å². The summed E-state index contributed by atoms with van der Waals surface area (Å²) in [5, 5.41) is 18.2. The average molecular weight is 293 g/mol. The zero-order chi connectivity index (χ0) is 15.1. The van der Waals surface area contributed by atoms with Crippen molar-refractivity contribution in [1.29, 1.82) is 0 Å². The SMILES string of the molecule is OCCC#Cc1cc(F)ccc1CN1CCOCC1CO. The topological polar surface area (TPSA) is 52.9 Å². The monoisotopic (exact) mass is 293 g/mol. The fraction of sp³-hybridized carbons (Fsp3) is 0.500. The third-order valence-corrected chi connectivity index (χ3v) is 3.47. The summed E-state index contributed by atoms with van der Waals surface area (Å²) in [4.78, 5) is 2.12. The summed E-state index contributed by atoms with van der Waals surface area (Å²) < 4.78 is 18.7. The molecular formula is C16H20FNO3. The summed E-state index contributed by atoms with van der Waals surface area (Å²) in [5.41, 5.74) is 1.55. The zero-order valence-corrected chi connectivity index (χ0v) is 11.9. The quantitative estimate of drug-likeness (QED) is 0.805. The number of benzene rings is 1. The molecule has 0 spiro atoms. The number of aliphatic hydroxyl groups is 2. The third-order valence-electron chi connectivity index (χ3n) is 3.47. The molecule has 21 heavy (non-hydrogen) atoms. The molecule has 0 radical (unpaired) electrons. The molecule has 1 aromatic rings. The average Bonchev–Trinajstić information content (AvgIpc) is 2.50. The molecule has 1 fully saturated rings. The Hall–Kier alpha value is -1.45. The molecule has 1 atom stereocenters. The minimum Gasteiger partial charge on any atom is -0.395 e. The molecule has 0 aromatic heterocycles. The van der Waals surface area contributed by atoms with Crippen molar-refractivity contribution in [3.8, 4) is 11.8 Å². The van der Waals surface area contributed by atoms with E-state index in [4.69, 9.17) is 9.84 Å². The van der Waals surface area contributed by atoms with Crippen LogP contribution >= 0.6 is 0 Å². The van der Waals surface area contributed by atoms with Gasteiger partial charge < -0.3 is 14.9 Å². The van der Waals surface area contributed by atoms with Crippen LogP contribution in [-0.4, -0.2) is 54.1 Å². The van der Waals surface area contributed by atoms with E-state index < -0.39 is 0 Å². The van der Waals surface area contributed by atoms with Gasteiger partial charge in [-0.3, -0.25) is 4.90 Å².